The maximum atomic E-state index is 12.0. The second kappa shape index (κ2) is 4.58. The summed E-state index contributed by atoms with van der Waals surface area (Å²) in [5.41, 5.74) is 10.2. The average Bonchev–Trinajstić information content (AvgIpc) is 3.02. The van der Waals surface area contributed by atoms with E-state index in [0.29, 0.717) is 36.2 Å². The summed E-state index contributed by atoms with van der Waals surface area (Å²) in [7, 11) is 0. The van der Waals surface area contributed by atoms with Gasteiger partial charge < -0.3 is 4.90 Å². The minimum atomic E-state index is -0.00589. The van der Waals surface area contributed by atoms with Crippen molar-refractivity contribution in [1.29, 1.82) is 0 Å². The lowest BCUT2D eigenvalue weighted by Gasteiger charge is -2.16. The standard InChI is InChI=1S/C11H10N6O2/c12-16-13-5-7-4-10(18)17(6-7)9-3-1-2-8-11(9)15-19-14-8/h1-3,7H,4-6H2. The van der Waals surface area contributed by atoms with E-state index in [0.717, 1.165) is 0 Å². The Morgan fingerprint density at radius 2 is 2.42 bits per heavy atom. The van der Waals surface area contributed by atoms with Crippen LogP contribution in [0.25, 0.3) is 21.5 Å². The predicted molar refractivity (Wildman–Crippen MR) is 66.3 cm³/mol. The zero-order valence-electron chi connectivity index (χ0n) is 9.93. The Morgan fingerprint density at radius 1 is 1.53 bits per heavy atom. The predicted octanol–water partition coefficient (Wildman–Crippen LogP) is 1.89. The molecule has 1 aliphatic rings. The Kier molecular flexibility index (Phi) is 2.77. The molecule has 8 heteroatoms. The van der Waals surface area contributed by atoms with Crippen LogP contribution in [-0.4, -0.2) is 29.3 Å². The summed E-state index contributed by atoms with van der Waals surface area (Å²) >= 11 is 0. The highest BCUT2D eigenvalue weighted by molar-refractivity contribution is 6.02. The summed E-state index contributed by atoms with van der Waals surface area (Å²) in [6.07, 6.45) is 0.376. The normalized spacial score (nSPS) is 18.8. The van der Waals surface area contributed by atoms with Crippen molar-refractivity contribution in [2.24, 2.45) is 11.0 Å². The molecule has 1 aliphatic heterocycles. The third-order valence-electron chi connectivity index (χ3n) is 3.16. The molecular formula is C11H10N6O2. The van der Waals surface area contributed by atoms with Crippen LogP contribution < -0.4 is 4.90 Å². The monoisotopic (exact) mass is 258 g/mol. The number of amides is 1. The van der Waals surface area contributed by atoms with Crippen LogP contribution >= 0.6 is 0 Å². The van der Waals surface area contributed by atoms with E-state index < -0.39 is 0 Å². The summed E-state index contributed by atoms with van der Waals surface area (Å²) in [6.45, 7) is 0.843. The first-order valence-electron chi connectivity index (χ1n) is 5.82. The Morgan fingerprint density at radius 3 is 3.26 bits per heavy atom. The fourth-order valence-electron chi connectivity index (χ4n) is 2.30. The van der Waals surface area contributed by atoms with E-state index in [1.54, 1.807) is 23.1 Å². The molecule has 1 aromatic carbocycles. The van der Waals surface area contributed by atoms with E-state index in [4.69, 9.17) is 5.53 Å². The van der Waals surface area contributed by atoms with E-state index in [-0.39, 0.29) is 11.8 Å². The molecule has 1 atom stereocenters. The molecule has 1 amide bonds. The average molecular weight is 258 g/mol. The van der Waals surface area contributed by atoms with Crippen molar-refractivity contribution in [2.45, 2.75) is 6.42 Å². The molecule has 1 unspecified atom stereocenters. The summed E-state index contributed by atoms with van der Waals surface area (Å²) in [5.74, 6) is 0.0344. The van der Waals surface area contributed by atoms with E-state index in [1.165, 1.54) is 0 Å². The van der Waals surface area contributed by atoms with Crippen LogP contribution in [0.2, 0.25) is 0 Å². The first-order chi connectivity index (χ1) is 9.29. The molecule has 0 bridgehead atoms. The quantitative estimate of drug-likeness (QED) is 0.475. The van der Waals surface area contributed by atoms with E-state index >= 15 is 0 Å². The van der Waals surface area contributed by atoms with Crippen molar-refractivity contribution in [2.75, 3.05) is 18.0 Å². The van der Waals surface area contributed by atoms with E-state index in [1.807, 2.05) is 0 Å². The summed E-state index contributed by atoms with van der Waals surface area (Å²) < 4.78 is 4.69. The van der Waals surface area contributed by atoms with Crippen LogP contribution in [0.4, 0.5) is 5.69 Å². The Hall–Kier alpha value is -2.60. The van der Waals surface area contributed by atoms with E-state index in [2.05, 4.69) is 25.0 Å². The van der Waals surface area contributed by atoms with Crippen LogP contribution in [0.1, 0.15) is 6.42 Å². The summed E-state index contributed by atoms with van der Waals surface area (Å²) in [5, 5.41) is 11.1. The van der Waals surface area contributed by atoms with Gasteiger partial charge in [0.2, 0.25) is 5.91 Å². The van der Waals surface area contributed by atoms with Gasteiger partial charge in [-0.25, -0.2) is 4.63 Å². The van der Waals surface area contributed by atoms with Gasteiger partial charge in [0.1, 0.15) is 5.52 Å². The van der Waals surface area contributed by atoms with Gasteiger partial charge in [0.15, 0.2) is 5.52 Å². The lowest BCUT2D eigenvalue weighted by atomic mass is 10.1. The Bertz CT molecular complexity index is 675. The number of rotatable bonds is 3. The molecule has 0 saturated carbocycles. The highest BCUT2D eigenvalue weighted by Crippen LogP contribution is 2.30. The number of hydrogen-bond donors (Lipinski definition) is 0. The van der Waals surface area contributed by atoms with Gasteiger partial charge in [-0.1, -0.05) is 11.2 Å². The number of carbonyl (C=O) groups excluding carboxylic acids is 1. The van der Waals surface area contributed by atoms with E-state index in [9.17, 15) is 4.79 Å². The van der Waals surface area contributed by atoms with Crippen LogP contribution in [0.5, 0.6) is 0 Å². The number of anilines is 1. The molecule has 1 aromatic heterocycles. The lowest BCUT2D eigenvalue weighted by Crippen LogP contribution is -2.25. The Labute approximate surface area is 107 Å². The molecule has 1 fully saturated rings. The molecule has 2 aromatic rings. The Balaban J connectivity index is 1.92. The molecule has 0 spiro atoms. The van der Waals surface area contributed by atoms with Gasteiger partial charge in [-0.2, -0.15) is 0 Å². The molecule has 19 heavy (non-hydrogen) atoms. The second-order valence-electron chi connectivity index (χ2n) is 4.40. The molecular weight excluding hydrogens is 248 g/mol. The number of carbonyl (C=O) groups is 1. The van der Waals surface area contributed by atoms with Gasteiger partial charge in [0.25, 0.3) is 0 Å². The van der Waals surface area contributed by atoms with Gasteiger partial charge in [0.05, 0.1) is 5.69 Å². The fraction of sp³-hybridized carbons (Fsp3) is 0.364. The van der Waals surface area contributed by atoms with Gasteiger partial charge in [-0.3, -0.25) is 4.79 Å². The molecule has 1 saturated heterocycles. The fourth-order valence-corrected chi connectivity index (χ4v) is 2.30. The maximum Gasteiger partial charge on any atom is 0.227 e. The van der Waals surface area contributed by atoms with Gasteiger partial charge in [-0.15, -0.1) is 0 Å². The number of benzene rings is 1. The van der Waals surface area contributed by atoms with Crippen molar-refractivity contribution in [3.8, 4) is 0 Å². The second-order valence-corrected chi connectivity index (χ2v) is 4.40. The van der Waals surface area contributed by atoms with Crippen molar-refractivity contribution < 1.29 is 9.42 Å². The van der Waals surface area contributed by atoms with Gasteiger partial charge in [0, 0.05) is 24.4 Å². The molecule has 3 rings (SSSR count). The minimum Gasteiger partial charge on any atom is -0.310 e. The summed E-state index contributed by atoms with van der Waals surface area (Å²) in [4.78, 5) is 16.4. The third kappa shape index (κ3) is 1.98. The topological polar surface area (TPSA) is 108 Å². The van der Waals surface area contributed by atoms with Crippen molar-refractivity contribution in [1.82, 2.24) is 10.3 Å². The highest BCUT2D eigenvalue weighted by atomic mass is 16.6. The van der Waals surface area contributed by atoms with Crippen molar-refractivity contribution >= 4 is 22.6 Å². The smallest absolute Gasteiger partial charge is 0.227 e. The van der Waals surface area contributed by atoms with Crippen LogP contribution in [-0.2, 0) is 4.79 Å². The number of nitrogens with zero attached hydrogens (tertiary/aromatic N) is 6. The molecule has 8 nitrogen and oxygen atoms in total. The number of hydrogen-bond acceptors (Lipinski definition) is 5. The molecule has 0 N–H and O–H groups in total. The zero-order chi connectivity index (χ0) is 13.2. The van der Waals surface area contributed by atoms with Gasteiger partial charge >= 0.3 is 0 Å². The number of aromatic nitrogens is 2. The minimum absolute atomic E-state index is 0.00589. The molecule has 0 aliphatic carbocycles. The first-order valence-corrected chi connectivity index (χ1v) is 5.82. The first kappa shape index (κ1) is 11.5. The van der Waals surface area contributed by atoms with Crippen LogP contribution in [0.3, 0.4) is 0 Å². The molecule has 2 heterocycles. The molecule has 0 radical (unpaired) electrons. The lowest BCUT2D eigenvalue weighted by molar-refractivity contribution is -0.117. The zero-order valence-corrected chi connectivity index (χ0v) is 9.93. The third-order valence-corrected chi connectivity index (χ3v) is 3.16. The molecule has 96 valence electrons. The number of azide groups is 1. The largest absolute Gasteiger partial charge is 0.310 e. The SMILES string of the molecule is [N-]=[N+]=NCC1CC(=O)N(c2cccc3nonc23)C1. The van der Waals surface area contributed by atoms with Crippen LogP contribution in [0, 0.1) is 5.92 Å². The maximum absolute atomic E-state index is 12.0. The van der Waals surface area contributed by atoms with Crippen molar-refractivity contribution in [3.05, 3.63) is 28.6 Å². The van der Waals surface area contributed by atoms with Gasteiger partial charge in [-0.05, 0) is 33.9 Å². The highest BCUT2D eigenvalue weighted by Gasteiger charge is 2.31. The van der Waals surface area contributed by atoms with Crippen molar-refractivity contribution in [3.63, 3.8) is 0 Å². The summed E-state index contributed by atoms with van der Waals surface area (Å²) in [6, 6.07) is 5.38. The number of fused-ring (bicyclic) bond motifs is 1. The van der Waals surface area contributed by atoms with Crippen LogP contribution in [0.15, 0.2) is 27.9 Å².